The van der Waals surface area contributed by atoms with E-state index < -0.39 is 16.7 Å². The Hall–Kier alpha value is -1.36. The van der Waals surface area contributed by atoms with Crippen molar-refractivity contribution >= 4 is 29.5 Å². The lowest BCUT2D eigenvalue weighted by atomic mass is 9.66. The summed E-state index contributed by atoms with van der Waals surface area (Å²) in [5, 5.41) is 15.1. The van der Waals surface area contributed by atoms with Crippen LogP contribution in [-0.2, 0) is 19.1 Å². The quantitative estimate of drug-likeness (QED) is 0.384. The maximum absolute atomic E-state index is 13.6. The summed E-state index contributed by atoms with van der Waals surface area (Å²) in [6.45, 7) is 7.03. The molecule has 2 bridgehead atoms. The molecule has 10 heteroatoms. The first-order valence-corrected chi connectivity index (χ1v) is 12.7. The van der Waals surface area contributed by atoms with E-state index in [1.54, 1.807) is 23.7 Å². The lowest BCUT2D eigenvalue weighted by Crippen LogP contribution is -2.57. The zero-order valence-corrected chi connectivity index (χ0v) is 19.9. The first-order valence-electron chi connectivity index (χ1n) is 11.8. The van der Waals surface area contributed by atoms with Gasteiger partial charge in [0.25, 0.3) is 0 Å². The molecule has 3 N–H and O–H groups in total. The van der Waals surface area contributed by atoms with Crippen molar-refractivity contribution in [1.29, 1.82) is 0 Å². The van der Waals surface area contributed by atoms with Gasteiger partial charge in [-0.05, 0) is 25.2 Å². The number of rotatable bonds is 9. The molecule has 3 amide bonds. The van der Waals surface area contributed by atoms with E-state index in [1.165, 1.54) is 0 Å². The monoisotopic (exact) mass is 468 g/mol. The van der Waals surface area contributed by atoms with Crippen LogP contribution in [0.2, 0.25) is 0 Å². The van der Waals surface area contributed by atoms with Gasteiger partial charge in [-0.3, -0.25) is 19.3 Å². The fourth-order valence-corrected chi connectivity index (χ4v) is 8.60. The van der Waals surface area contributed by atoms with Crippen LogP contribution in [0, 0.1) is 17.8 Å². The van der Waals surface area contributed by atoms with Gasteiger partial charge in [-0.2, -0.15) is 0 Å². The van der Waals surface area contributed by atoms with Crippen LogP contribution < -0.4 is 10.6 Å². The molecule has 4 rings (SSSR count). The fraction of sp³-hybridized carbons (Fsp3) is 0.864. The second kappa shape index (κ2) is 9.87. The molecule has 4 fully saturated rings. The van der Waals surface area contributed by atoms with Crippen molar-refractivity contribution in [2.24, 2.45) is 17.8 Å². The number of carbonyl (C=O) groups is 3. The molecule has 0 radical (unpaired) electrons. The number of nitrogens with zero attached hydrogens (tertiary/aromatic N) is 2. The van der Waals surface area contributed by atoms with Crippen LogP contribution in [0.1, 0.15) is 26.2 Å². The molecule has 0 saturated carbocycles. The number of unbranched alkanes of at least 4 members (excludes halogenated alkanes) is 1. The van der Waals surface area contributed by atoms with Crippen molar-refractivity contribution in [3.8, 4) is 0 Å². The number of amides is 3. The van der Waals surface area contributed by atoms with E-state index in [-0.39, 0.29) is 41.4 Å². The number of likely N-dealkylation sites (tertiary alicyclic amines) is 1. The van der Waals surface area contributed by atoms with Gasteiger partial charge in [0.05, 0.1) is 29.8 Å². The molecule has 0 aliphatic carbocycles. The Kier molecular flexibility index (Phi) is 7.33. The van der Waals surface area contributed by atoms with Crippen molar-refractivity contribution in [3.63, 3.8) is 0 Å². The minimum atomic E-state index is -0.581. The first-order chi connectivity index (χ1) is 15.5. The van der Waals surface area contributed by atoms with Gasteiger partial charge >= 0.3 is 0 Å². The Balaban J connectivity index is 1.54. The number of hydrogen-bond acceptors (Lipinski definition) is 7. The van der Waals surface area contributed by atoms with Crippen LogP contribution in [-0.4, -0.2) is 108 Å². The maximum atomic E-state index is 13.6. The third-order valence-electron chi connectivity index (χ3n) is 7.68. The standard InChI is InChI=1S/C22H36N4O5S/c1-14-13-15-16(19(28)23-2)17-21(30)26(6-3-4-10-27)18(22(14,17)32-15)20(29)24-5-7-25-8-11-31-12-9-25/h14-18,27H,3-13H2,1-2H3,(H,23,28)(H,24,29)/t14?,15-,16+,17+,18?,22?/m1/s1. The normalized spacial score (nSPS) is 36.4. The Morgan fingerprint density at radius 3 is 2.66 bits per heavy atom. The van der Waals surface area contributed by atoms with Crippen LogP contribution in [0.3, 0.4) is 0 Å². The van der Waals surface area contributed by atoms with Gasteiger partial charge in [-0.15, -0.1) is 11.8 Å². The molecule has 0 aromatic carbocycles. The lowest BCUT2D eigenvalue weighted by Gasteiger charge is -2.38. The highest BCUT2D eigenvalue weighted by Gasteiger charge is 2.75. The number of fused-ring (bicyclic) bond motifs is 1. The maximum Gasteiger partial charge on any atom is 0.244 e. The molecule has 4 aliphatic heterocycles. The van der Waals surface area contributed by atoms with Gasteiger partial charge in [0, 0.05) is 51.6 Å². The second-order valence-electron chi connectivity index (χ2n) is 9.37. The molecular formula is C22H36N4O5S. The van der Waals surface area contributed by atoms with Crippen LogP contribution in [0.5, 0.6) is 0 Å². The third-order valence-corrected chi connectivity index (χ3v) is 9.76. The van der Waals surface area contributed by atoms with Crippen molar-refractivity contribution < 1.29 is 24.2 Å². The number of ether oxygens (including phenoxy) is 1. The number of hydrogen-bond donors (Lipinski definition) is 3. The molecule has 4 aliphatic rings. The summed E-state index contributed by atoms with van der Waals surface area (Å²) in [7, 11) is 1.61. The van der Waals surface area contributed by atoms with Gasteiger partial charge in [0.15, 0.2) is 0 Å². The number of nitrogens with one attached hydrogen (secondary N) is 2. The Bertz CT molecular complexity index is 733. The number of aliphatic hydroxyl groups excluding tert-OH is 1. The van der Waals surface area contributed by atoms with E-state index in [2.05, 4.69) is 22.5 Å². The van der Waals surface area contributed by atoms with Gasteiger partial charge in [-0.1, -0.05) is 6.92 Å². The Morgan fingerprint density at radius 2 is 1.97 bits per heavy atom. The van der Waals surface area contributed by atoms with Gasteiger partial charge < -0.3 is 25.4 Å². The zero-order chi connectivity index (χ0) is 22.9. The summed E-state index contributed by atoms with van der Waals surface area (Å²) in [5.74, 6) is -0.976. The molecule has 4 heterocycles. The largest absolute Gasteiger partial charge is 0.396 e. The third kappa shape index (κ3) is 3.93. The summed E-state index contributed by atoms with van der Waals surface area (Å²) in [6, 6.07) is -0.581. The predicted octanol–water partition coefficient (Wildman–Crippen LogP) is -0.709. The molecule has 4 saturated heterocycles. The van der Waals surface area contributed by atoms with E-state index in [0.717, 1.165) is 26.1 Å². The van der Waals surface area contributed by atoms with Crippen LogP contribution >= 0.6 is 11.8 Å². The highest BCUT2D eigenvalue weighted by atomic mass is 32.2. The average Bonchev–Trinajstić information content (AvgIpc) is 3.38. The Morgan fingerprint density at radius 1 is 1.22 bits per heavy atom. The molecule has 0 aromatic heterocycles. The summed E-state index contributed by atoms with van der Waals surface area (Å²) in [5.41, 5.74) is 0. The van der Waals surface area contributed by atoms with Crippen molar-refractivity contribution in [1.82, 2.24) is 20.4 Å². The summed E-state index contributed by atoms with van der Waals surface area (Å²) < 4.78 is 4.82. The molecule has 9 nitrogen and oxygen atoms in total. The summed E-state index contributed by atoms with van der Waals surface area (Å²) >= 11 is 1.69. The van der Waals surface area contributed by atoms with Crippen LogP contribution in [0.4, 0.5) is 0 Å². The molecule has 180 valence electrons. The van der Waals surface area contributed by atoms with Gasteiger partial charge in [0.2, 0.25) is 17.7 Å². The number of aliphatic hydroxyl groups is 1. The number of morpholine rings is 1. The summed E-state index contributed by atoms with van der Waals surface area (Å²) in [6.07, 6.45) is 2.06. The highest BCUT2D eigenvalue weighted by Crippen LogP contribution is 2.68. The molecule has 3 unspecified atom stereocenters. The van der Waals surface area contributed by atoms with Crippen molar-refractivity contribution in [2.75, 3.05) is 59.6 Å². The Labute approximate surface area is 194 Å². The highest BCUT2D eigenvalue weighted by molar-refractivity contribution is 8.02. The molecule has 32 heavy (non-hydrogen) atoms. The van der Waals surface area contributed by atoms with Crippen LogP contribution in [0.15, 0.2) is 0 Å². The first kappa shape index (κ1) is 23.8. The number of carbonyl (C=O) groups excluding carboxylic acids is 3. The smallest absolute Gasteiger partial charge is 0.244 e. The minimum absolute atomic E-state index is 0.0567. The summed E-state index contributed by atoms with van der Waals surface area (Å²) in [4.78, 5) is 44.0. The average molecular weight is 469 g/mol. The van der Waals surface area contributed by atoms with E-state index in [1.807, 2.05) is 0 Å². The number of thioether (sulfide) groups is 1. The van der Waals surface area contributed by atoms with E-state index in [0.29, 0.717) is 39.1 Å². The minimum Gasteiger partial charge on any atom is -0.396 e. The second-order valence-corrected chi connectivity index (χ2v) is 10.9. The molecule has 0 aromatic rings. The van der Waals surface area contributed by atoms with E-state index >= 15 is 0 Å². The van der Waals surface area contributed by atoms with Crippen molar-refractivity contribution in [2.45, 2.75) is 42.2 Å². The zero-order valence-electron chi connectivity index (χ0n) is 19.0. The topological polar surface area (TPSA) is 111 Å². The molecule has 1 spiro atoms. The van der Waals surface area contributed by atoms with Crippen LogP contribution in [0.25, 0.3) is 0 Å². The van der Waals surface area contributed by atoms with Crippen molar-refractivity contribution in [3.05, 3.63) is 0 Å². The predicted molar refractivity (Wildman–Crippen MR) is 121 cm³/mol. The SMILES string of the molecule is CNC(=O)[C@@H]1[C@H]2C(=O)N(CCCCO)C(C(=O)NCCN3CCOCC3)C23S[C@@H]1CC3C. The van der Waals surface area contributed by atoms with Gasteiger partial charge in [-0.25, -0.2) is 0 Å². The van der Waals surface area contributed by atoms with E-state index in [9.17, 15) is 19.5 Å². The van der Waals surface area contributed by atoms with Gasteiger partial charge in [0.1, 0.15) is 6.04 Å². The van der Waals surface area contributed by atoms with E-state index in [4.69, 9.17) is 4.74 Å². The lowest BCUT2D eigenvalue weighted by molar-refractivity contribution is -0.140. The molecular weight excluding hydrogens is 432 g/mol. The molecule has 6 atom stereocenters. The fourth-order valence-electron chi connectivity index (χ4n) is 6.18.